The first-order valence-electron chi connectivity index (χ1n) is 13.7. The molecule has 0 spiro atoms. The van der Waals surface area contributed by atoms with Gasteiger partial charge in [-0.05, 0) is 67.9 Å². The molecule has 3 saturated carbocycles. The number of imide groups is 1. The van der Waals surface area contributed by atoms with Crippen molar-refractivity contribution in [1.29, 1.82) is 0 Å². The van der Waals surface area contributed by atoms with E-state index >= 15 is 0 Å². The highest BCUT2D eigenvalue weighted by molar-refractivity contribution is 5.93. The van der Waals surface area contributed by atoms with Crippen LogP contribution < -0.4 is 5.32 Å². The number of hydrogen-bond acceptors (Lipinski definition) is 6. The maximum absolute atomic E-state index is 13.6. The highest BCUT2D eigenvalue weighted by Gasteiger charge is 2.68. The van der Waals surface area contributed by atoms with E-state index in [2.05, 4.69) is 17.1 Å². The Kier molecular flexibility index (Phi) is 6.38. The van der Waals surface area contributed by atoms with E-state index in [1.165, 1.54) is 6.08 Å². The molecule has 3 unspecified atom stereocenters. The number of alkyl carbamates (subject to hydrolysis) is 1. The Balaban J connectivity index is 1.47. The zero-order valence-electron chi connectivity index (χ0n) is 22.0. The van der Waals surface area contributed by atoms with E-state index in [1.54, 1.807) is 6.92 Å². The Morgan fingerprint density at radius 1 is 1.19 bits per heavy atom. The molecule has 200 valence electrons. The second kappa shape index (κ2) is 8.90. The van der Waals surface area contributed by atoms with Crippen LogP contribution in [0, 0.1) is 45.8 Å². The first kappa shape index (κ1) is 25.8. The van der Waals surface area contributed by atoms with Crippen molar-refractivity contribution in [3.05, 3.63) is 12.4 Å². The van der Waals surface area contributed by atoms with Crippen LogP contribution in [0.15, 0.2) is 12.4 Å². The lowest BCUT2D eigenvalue weighted by Gasteiger charge is -2.61. The van der Waals surface area contributed by atoms with Crippen LogP contribution in [-0.2, 0) is 14.3 Å². The predicted octanol–water partition coefficient (Wildman–Crippen LogP) is 3.85. The molecule has 11 atom stereocenters. The van der Waals surface area contributed by atoms with Crippen molar-refractivity contribution in [2.75, 3.05) is 19.6 Å². The molecular weight excluding hydrogens is 463 g/mol. The van der Waals surface area contributed by atoms with Crippen LogP contribution in [-0.4, -0.2) is 59.6 Å². The molecule has 5 rings (SSSR count). The lowest BCUT2D eigenvalue weighted by Crippen LogP contribution is -2.63. The van der Waals surface area contributed by atoms with Gasteiger partial charge in [-0.15, -0.1) is 0 Å². The third-order valence-corrected chi connectivity index (χ3v) is 11.4. The summed E-state index contributed by atoms with van der Waals surface area (Å²) in [6.07, 6.45) is 3.26. The van der Waals surface area contributed by atoms with Gasteiger partial charge >= 0.3 is 6.09 Å². The number of aliphatic hydroxyl groups is 1. The quantitative estimate of drug-likeness (QED) is 0.606. The van der Waals surface area contributed by atoms with Crippen LogP contribution in [0.4, 0.5) is 9.18 Å². The zero-order valence-corrected chi connectivity index (χ0v) is 22.0. The highest BCUT2D eigenvalue weighted by Crippen LogP contribution is 2.68. The third kappa shape index (κ3) is 3.69. The predicted molar refractivity (Wildman–Crippen MR) is 131 cm³/mol. The fourth-order valence-electron chi connectivity index (χ4n) is 9.04. The molecule has 2 heterocycles. The van der Waals surface area contributed by atoms with Gasteiger partial charge < -0.3 is 14.7 Å². The van der Waals surface area contributed by atoms with Crippen molar-refractivity contribution in [3.8, 4) is 0 Å². The Bertz CT molecular complexity index is 972. The number of hydrogen-bond donors (Lipinski definition) is 2. The van der Waals surface area contributed by atoms with Crippen LogP contribution in [0.5, 0.6) is 0 Å². The number of amides is 2. The summed E-state index contributed by atoms with van der Waals surface area (Å²) in [5.74, 6) is -0.610. The summed E-state index contributed by atoms with van der Waals surface area (Å²) in [5, 5.41) is 14.1. The van der Waals surface area contributed by atoms with Crippen LogP contribution >= 0.6 is 0 Å². The van der Waals surface area contributed by atoms with Crippen molar-refractivity contribution in [3.63, 3.8) is 0 Å². The molecule has 0 radical (unpaired) electrons. The highest BCUT2D eigenvalue weighted by atomic mass is 19.1. The molecule has 2 aliphatic heterocycles. The Hall–Kier alpha value is -1.80. The largest absolute Gasteiger partial charge is 0.445 e. The topological polar surface area (TPSA) is 95.9 Å². The Morgan fingerprint density at radius 3 is 2.58 bits per heavy atom. The number of halogens is 1. The molecule has 0 aromatic rings. The average Bonchev–Trinajstić information content (AvgIpc) is 3.55. The molecule has 5 aliphatic rings. The summed E-state index contributed by atoms with van der Waals surface area (Å²) >= 11 is 0. The number of aliphatic hydroxyl groups excluding tert-OH is 1. The number of ether oxygens (including phenoxy) is 1. The fourth-order valence-corrected chi connectivity index (χ4v) is 9.04. The molecule has 8 heteroatoms. The van der Waals surface area contributed by atoms with Gasteiger partial charge in [0.15, 0.2) is 0 Å². The standard InChI is InChI=1S/C28H41FN2O5/c1-16-5-8-28-9-6-20(32)22(28)27(16,4)21(13-26(3,10-11-29)23(33)17(28)2)36-25(35)30-24(34)19-15-31-12-7-18(19)14-31/h10-11,16-19,21-23,33H,5-9,12-15H2,1-4H3,(H,30,34,35)/b11-10-/t16-,17+,18-,19+,21-,22?,23+,26-,27+,28?/m1/s1. The van der Waals surface area contributed by atoms with E-state index in [0.29, 0.717) is 25.7 Å². The van der Waals surface area contributed by atoms with Gasteiger partial charge in [0, 0.05) is 36.3 Å². The Morgan fingerprint density at radius 2 is 1.94 bits per heavy atom. The molecule has 7 nitrogen and oxygen atoms in total. The van der Waals surface area contributed by atoms with E-state index in [1.807, 2.05) is 13.8 Å². The zero-order chi connectivity index (χ0) is 26.0. The van der Waals surface area contributed by atoms with E-state index in [-0.39, 0.29) is 47.7 Å². The summed E-state index contributed by atoms with van der Waals surface area (Å²) in [5.41, 5.74) is -2.11. The van der Waals surface area contributed by atoms with Crippen LogP contribution in [0.3, 0.4) is 0 Å². The van der Waals surface area contributed by atoms with Gasteiger partial charge in [-0.3, -0.25) is 14.9 Å². The minimum Gasteiger partial charge on any atom is -0.445 e. The third-order valence-electron chi connectivity index (χ3n) is 11.4. The van der Waals surface area contributed by atoms with Crippen molar-refractivity contribution >= 4 is 17.8 Å². The number of piperidine rings is 1. The van der Waals surface area contributed by atoms with Gasteiger partial charge in [0.1, 0.15) is 11.9 Å². The molecule has 0 aromatic heterocycles. The molecule has 2 N–H and O–H groups in total. The average molecular weight is 505 g/mol. The van der Waals surface area contributed by atoms with Crippen molar-refractivity contribution < 1.29 is 28.6 Å². The minimum atomic E-state index is -0.997. The monoisotopic (exact) mass is 504 g/mol. The number of ketones is 1. The molecule has 2 saturated heterocycles. The molecule has 36 heavy (non-hydrogen) atoms. The lowest BCUT2D eigenvalue weighted by atomic mass is 9.44. The van der Waals surface area contributed by atoms with Gasteiger partial charge in [0.05, 0.1) is 18.4 Å². The van der Waals surface area contributed by atoms with E-state index in [0.717, 1.165) is 32.4 Å². The van der Waals surface area contributed by atoms with E-state index < -0.39 is 34.5 Å². The van der Waals surface area contributed by atoms with Crippen molar-refractivity contribution in [1.82, 2.24) is 10.2 Å². The number of nitrogens with one attached hydrogen (secondary N) is 1. The van der Waals surface area contributed by atoms with Gasteiger partial charge in [-0.1, -0.05) is 27.7 Å². The molecular formula is C28H41FN2O5. The summed E-state index contributed by atoms with van der Waals surface area (Å²) in [7, 11) is 0. The van der Waals surface area contributed by atoms with Crippen LogP contribution in [0.1, 0.15) is 66.2 Å². The lowest BCUT2D eigenvalue weighted by molar-refractivity contribution is -0.191. The second-order valence-corrected chi connectivity index (χ2v) is 13.0. The fraction of sp³-hybridized carbons (Fsp3) is 0.821. The molecule has 5 fully saturated rings. The SMILES string of the molecule is C[C@@H]1CCC23CCC(=O)C2[C@]1(C)[C@H](OC(=O)NC(=O)[C@H]1CN2CC[C@@H]1C2)C[C@@](C)(/C=C\F)[C@@H](O)[C@@H]3C. The first-order valence-corrected chi connectivity index (χ1v) is 13.7. The van der Waals surface area contributed by atoms with Gasteiger partial charge in [-0.25, -0.2) is 9.18 Å². The van der Waals surface area contributed by atoms with Crippen molar-refractivity contribution in [2.24, 2.45) is 45.8 Å². The molecule has 0 aromatic carbocycles. The van der Waals surface area contributed by atoms with Gasteiger partial charge in [0.25, 0.3) is 0 Å². The minimum absolute atomic E-state index is 0.0746. The second-order valence-electron chi connectivity index (χ2n) is 13.0. The smallest absolute Gasteiger partial charge is 0.414 e. The summed E-state index contributed by atoms with van der Waals surface area (Å²) in [4.78, 5) is 41.8. The van der Waals surface area contributed by atoms with E-state index in [9.17, 15) is 23.9 Å². The maximum Gasteiger partial charge on any atom is 0.414 e. The number of carbonyl (C=O) groups excluding carboxylic acids is 3. The first-order chi connectivity index (χ1) is 17.0. The number of nitrogens with zero attached hydrogens (tertiary/aromatic N) is 1. The number of Topliss-reactive ketones (excluding diaryl/α,β-unsaturated/α-hetero) is 1. The van der Waals surface area contributed by atoms with Crippen molar-refractivity contribution in [2.45, 2.75) is 78.4 Å². The maximum atomic E-state index is 13.6. The number of carbonyl (C=O) groups is 3. The molecule has 3 aliphatic carbocycles. The van der Waals surface area contributed by atoms with Crippen LogP contribution in [0.2, 0.25) is 0 Å². The summed E-state index contributed by atoms with van der Waals surface area (Å²) in [6.45, 7) is 10.5. The van der Waals surface area contributed by atoms with Crippen LogP contribution in [0.25, 0.3) is 0 Å². The summed E-state index contributed by atoms with van der Waals surface area (Å²) in [6, 6.07) is 0. The number of rotatable bonds is 3. The molecule has 4 bridgehead atoms. The van der Waals surface area contributed by atoms with E-state index in [4.69, 9.17) is 4.74 Å². The normalized spacial score (nSPS) is 50.0. The molecule has 2 amide bonds. The van der Waals surface area contributed by atoms with Gasteiger partial charge in [-0.2, -0.15) is 0 Å². The number of fused-ring (bicyclic) bond motifs is 2. The van der Waals surface area contributed by atoms with Gasteiger partial charge in [0.2, 0.25) is 5.91 Å². The summed E-state index contributed by atoms with van der Waals surface area (Å²) < 4.78 is 19.7. The Labute approximate surface area is 213 Å².